The van der Waals surface area contributed by atoms with Crippen molar-refractivity contribution in [3.05, 3.63) is 52.0 Å². The third-order valence-electron chi connectivity index (χ3n) is 4.17. The zero-order chi connectivity index (χ0) is 19.2. The minimum Gasteiger partial charge on any atom is -1.00 e. The number of carbonyl (C=O) groups is 1. The van der Waals surface area contributed by atoms with Crippen LogP contribution in [0.1, 0.15) is 15.9 Å². The van der Waals surface area contributed by atoms with E-state index in [0.29, 0.717) is 14.6 Å². The van der Waals surface area contributed by atoms with Crippen LogP contribution in [0.4, 0.5) is 17.1 Å². The van der Waals surface area contributed by atoms with E-state index in [1.807, 2.05) is 45.4 Å². The van der Waals surface area contributed by atoms with Gasteiger partial charge in [0.25, 0.3) is 0 Å². The molecule has 3 rings (SSSR count). The number of aromatic hydroxyl groups is 1. The van der Waals surface area contributed by atoms with Crippen molar-refractivity contribution < 1.29 is 22.3 Å². The van der Waals surface area contributed by atoms with Crippen LogP contribution in [-0.2, 0) is 0 Å². The number of ketones is 1. The smallest absolute Gasteiger partial charge is 0.214 e. The molecule has 0 amide bonds. The standard InChI is InChI=1S/C19H19BrN4O2.ClH/c1-24(2,3)15-7-5-4-6-13(15)23-14-9-12(22)16-17(19(14)26)11(21)8-10(20)18(16)25;/h4-9H,1-3H3,(H4-,21,22,23,25,26);1H. The number of phenols is 1. The first-order valence-electron chi connectivity index (χ1n) is 7.94. The van der Waals surface area contributed by atoms with Crippen LogP contribution in [0.3, 0.4) is 0 Å². The van der Waals surface area contributed by atoms with Gasteiger partial charge in [-0.2, -0.15) is 0 Å². The van der Waals surface area contributed by atoms with E-state index in [2.05, 4.69) is 20.9 Å². The van der Waals surface area contributed by atoms with Gasteiger partial charge in [0.1, 0.15) is 17.1 Å². The lowest BCUT2D eigenvalue weighted by atomic mass is 9.90. The molecule has 0 heterocycles. The van der Waals surface area contributed by atoms with Crippen LogP contribution in [0.2, 0.25) is 0 Å². The van der Waals surface area contributed by atoms with Gasteiger partial charge in [0.2, 0.25) is 5.78 Å². The first-order chi connectivity index (χ1) is 12.1. The first kappa shape index (κ1) is 21.0. The van der Waals surface area contributed by atoms with Crippen molar-refractivity contribution in [3.8, 4) is 5.75 Å². The highest BCUT2D eigenvalue weighted by Crippen LogP contribution is 2.40. The van der Waals surface area contributed by atoms with E-state index >= 15 is 0 Å². The maximum absolute atomic E-state index is 13.0. The lowest BCUT2D eigenvalue weighted by Gasteiger charge is -2.25. The molecular formula is C19H20BrClN4O2. The number of carbonyl (C=O) groups excluding carboxylic acids is 1. The summed E-state index contributed by atoms with van der Waals surface area (Å²) in [5.41, 5.74) is 14.8. The fraction of sp³-hybridized carbons (Fsp3) is 0.158. The third-order valence-corrected chi connectivity index (χ3v) is 4.77. The normalized spacial score (nSPS) is 15.2. The Morgan fingerprint density at radius 2 is 1.74 bits per heavy atom. The Kier molecular flexibility index (Phi) is 5.70. The minimum absolute atomic E-state index is 0. The van der Waals surface area contributed by atoms with Gasteiger partial charge in [0.15, 0.2) is 5.69 Å². The predicted octanol–water partition coefficient (Wildman–Crippen LogP) is 0.206. The second-order valence-corrected chi connectivity index (χ2v) is 7.83. The molecular weight excluding hydrogens is 432 g/mol. The highest BCUT2D eigenvalue weighted by molar-refractivity contribution is 9.10. The van der Waals surface area contributed by atoms with Gasteiger partial charge < -0.3 is 29.0 Å². The summed E-state index contributed by atoms with van der Waals surface area (Å²) in [4.78, 5) is 17.5. The number of aliphatic imine (C=N–C) groups is 1. The van der Waals surface area contributed by atoms with E-state index in [9.17, 15) is 9.90 Å². The summed E-state index contributed by atoms with van der Waals surface area (Å²) >= 11 is 3.22. The SMILES string of the molecule is C[N+](C)(C)c1ccccc1N=C1C=C(N)c2c(O)c(Br)cc(N)c2C1=O.[Cl-]. The second kappa shape index (κ2) is 7.34. The quantitative estimate of drug-likeness (QED) is 0.345. The molecule has 0 aliphatic heterocycles. The molecule has 0 radical (unpaired) electrons. The summed E-state index contributed by atoms with van der Waals surface area (Å²) in [7, 11) is 6.07. The lowest BCUT2D eigenvalue weighted by molar-refractivity contribution is -0.0000134. The molecule has 6 nitrogen and oxygen atoms in total. The van der Waals surface area contributed by atoms with E-state index in [0.717, 1.165) is 5.69 Å². The maximum atomic E-state index is 13.0. The van der Waals surface area contributed by atoms with Crippen molar-refractivity contribution in [2.45, 2.75) is 0 Å². The molecule has 5 N–H and O–H groups in total. The molecule has 0 saturated heterocycles. The largest absolute Gasteiger partial charge is 1.00 e. The van der Waals surface area contributed by atoms with Gasteiger partial charge in [-0.25, -0.2) is 4.99 Å². The number of para-hydroxylation sites is 2. The second-order valence-electron chi connectivity index (χ2n) is 6.97. The molecule has 1 aliphatic rings. The number of rotatable bonds is 2. The van der Waals surface area contributed by atoms with E-state index in [4.69, 9.17) is 11.5 Å². The van der Waals surface area contributed by atoms with E-state index in [-0.39, 0.29) is 52.2 Å². The van der Waals surface area contributed by atoms with Gasteiger partial charge in [-0.15, -0.1) is 0 Å². The average Bonchev–Trinajstić information content (AvgIpc) is 2.55. The van der Waals surface area contributed by atoms with E-state index in [1.165, 1.54) is 12.1 Å². The number of quaternary nitrogens is 1. The van der Waals surface area contributed by atoms with Crippen LogP contribution in [0.25, 0.3) is 5.70 Å². The number of halogens is 2. The molecule has 1 aliphatic carbocycles. The molecule has 0 spiro atoms. The number of anilines is 1. The Hall–Kier alpha value is -2.35. The molecule has 142 valence electrons. The monoisotopic (exact) mass is 450 g/mol. The van der Waals surface area contributed by atoms with Crippen LogP contribution in [0.15, 0.2) is 45.9 Å². The number of Topliss-reactive ketones (excluding diaryl/α,β-unsaturated/α-hetero) is 1. The zero-order valence-electron chi connectivity index (χ0n) is 15.1. The zero-order valence-corrected chi connectivity index (χ0v) is 17.5. The highest BCUT2D eigenvalue weighted by atomic mass is 79.9. The fourth-order valence-corrected chi connectivity index (χ4v) is 3.38. The number of hydrogen-bond donors (Lipinski definition) is 3. The van der Waals surface area contributed by atoms with Gasteiger partial charge in [0.05, 0.1) is 36.7 Å². The van der Waals surface area contributed by atoms with Gasteiger partial charge in [-0.3, -0.25) is 9.28 Å². The molecule has 0 atom stereocenters. The van der Waals surface area contributed by atoms with Gasteiger partial charge >= 0.3 is 0 Å². The van der Waals surface area contributed by atoms with Crippen LogP contribution in [0, 0.1) is 0 Å². The minimum atomic E-state index is -0.370. The van der Waals surface area contributed by atoms with Gasteiger partial charge in [0, 0.05) is 17.5 Å². The molecule has 2 aromatic carbocycles. The van der Waals surface area contributed by atoms with Crippen molar-refractivity contribution in [2.75, 3.05) is 26.9 Å². The molecule has 0 aromatic heterocycles. The van der Waals surface area contributed by atoms with Crippen molar-refractivity contribution in [2.24, 2.45) is 10.7 Å². The topological polar surface area (TPSA) is 102 Å². The Morgan fingerprint density at radius 1 is 1.11 bits per heavy atom. The number of hydrogen-bond acceptors (Lipinski definition) is 5. The molecule has 8 heteroatoms. The van der Waals surface area contributed by atoms with Crippen molar-refractivity contribution >= 4 is 50.2 Å². The van der Waals surface area contributed by atoms with Crippen LogP contribution < -0.4 is 28.4 Å². The summed E-state index contributed by atoms with van der Waals surface area (Å²) in [5, 5.41) is 10.3. The Bertz CT molecular complexity index is 994. The van der Waals surface area contributed by atoms with Crippen molar-refractivity contribution in [1.82, 2.24) is 4.48 Å². The number of benzene rings is 2. The Labute approximate surface area is 172 Å². The maximum Gasteiger partial charge on any atom is 0.214 e. The summed E-state index contributed by atoms with van der Waals surface area (Å²) < 4.78 is 0.931. The van der Waals surface area contributed by atoms with Crippen molar-refractivity contribution in [3.63, 3.8) is 0 Å². The van der Waals surface area contributed by atoms with Crippen LogP contribution in [-0.4, -0.2) is 37.7 Å². The highest BCUT2D eigenvalue weighted by Gasteiger charge is 2.30. The predicted molar refractivity (Wildman–Crippen MR) is 110 cm³/mol. The molecule has 0 saturated carbocycles. The van der Waals surface area contributed by atoms with E-state index < -0.39 is 0 Å². The Morgan fingerprint density at radius 3 is 2.37 bits per heavy atom. The van der Waals surface area contributed by atoms with Gasteiger partial charge in [-0.05, 0) is 34.1 Å². The number of nitrogen functional groups attached to an aromatic ring is 1. The number of phenolic OH excluding ortho intramolecular Hbond substituents is 1. The summed E-state index contributed by atoms with van der Waals surface area (Å²) in [6, 6.07) is 9.09. The number of allylic oxidation sites excluding steroid dienone is 1. The number of fused-ring (bicyclic) bond motifs is 1. The summed E-state index contributed by atoms with van der Waals surface area (Å²) in [6.45, 7) is 0. The number of nitrogens with zero attached hydrogens (tertiary/aromatic N) is 2. The summed E-state index contributed by atoms with van der Waals surface area (Å²) in [5.74, 6) is -0.479. The summed E-state index contributed by atoms with van der Waals surface area (Å²) in [6.07, 6.45) is 1.47. The van der Waals surface area contributed by atoms with Crippen LogP contribution >= 0.6 is 15.9 Å². The third kappa shape index (κ3) is 3.71. The first-order valence-corrected chi connectivity index (χ1v) is 8.73. The lowest BCUT2D eigenvalue weighted by Crippen LogP contribution is -3.00. The molecule has 0 fully saturated rings. The van der Waals surface area contributed by atoms with Gasteiger partial charge in [-0.1, -0.05) is 12.1 Å². The van der Waals surface area contributed by atoms with Crippen molar-refractivity contribution in [1.29, 1.82) is 0 Å². The molecule has 2 aromatic rings. The van der Waals surface area contributed by atoms with Crippen LogP contribution in [0.5, 0.6) is 5.75 Å². The Balaban J connectivity index is 0.00000261. The average molecular weight is 452 g/mol. The number of nitrogens with two attached hydrogens (primary N) is 2. The molecule has 0 unspecified atom stereocenters. The molecule has 0 bridgehead atoms. The molecule has 27 heavy (non-hydrogen) atoms. The van der Waals surface area contributed by atoms with E-state index in [1.54, 1.807) is 0 Å². The fourth-order valence-electron chi connectivity index (χ4n) is 2.94.